The van der Waals surface area contributed by atoms with Gasteiger partial charge in [-0.15, -0.1) is 0 Å². The fourth-order valence-electron chi connectivity index (χ4n) is 2.74. The lowest BCUT2D eigenvalue weighted by molar-refractivity contribution is 0.0505. The molecule has 1 aliphatic carbocycles. The molecule has 1 aromatic rings. The second-order valence-electron chi connectivity index (χ2n) is 6.92. The molecular weight excluding hydrogens is 278 g/mol. The molecule has 2 N–H and O–H groups in total. The molecule has 0 aromatic carbocycles. The van der Waals surface area contributed by atoms with E-state index in [1.807, 2.05) is 33.0 Å². The number of amides is 1. The fraction of sp³-hybridized carbons (Fsp3) is 0.647. The number of alkyl carbamates (subject to hydrolysis) is 1. The van der Waals surface area contributed by atoms with Crippen LogP contribution in [0.2, 0.25) is 0 Å². The molecule has 1 fully saturated rings. The zero-order valence-electron chi connectivity index (χ0n) is 13.8. The van der Waals surface area contributed by atoms with Crippen LogP contribution in [0.4, 0.5) is 4.79 Å². The van der Waals surface area contributed by atoms with Gasteiger partial charge in [0.05, 0.1) is 0 Å². The van der Waals surface area contributed by atoms with Gasteiger partial charge in [-0.1, -0.05) is 6.07 Å². The number of nitrogens with zero attached hydrogens (tertiary/aromatic N) is 1. The third-order valence-electron chi connectivity index (χ3n) is 3.72. The Bertz CT molecular complexity index is 471. The Labute approximate surface area is 132 Å². The van der Waals surface area contributed by atoms with E-state index in [2.05, 4.69) is 21.7 Å². The lowest BCUT2D eigenvalue weighted by Gasteiger charge is -2.21. The standard InChI is InChI=1S/C17H27N3O2/c1-17(2,3)22-16(21)20-15-7-6-14(11-15)19-10-8-13-5-4-9-18-12-13/h4-5,9,12,14-15,19H,6-8,10-11H2,1-3H3,(H,20,21). The zero-order chi connectivity index (χ0) is 16.0. The summed E-state index contributed by atoms with van der Waals surface area (Å²) in [6.07, 6.45) is 7.43. The van der Waals surface area contributed by atoms with Crippen molar-refractivity contribution in [2.45, 2.75) is 64.1 Å². The number of carbonyl (C=O) groups excluding carboxylic acids is 1. The molecule has 122 valence electrons. The van der Waals surface area contributed by atoms with Crippen LogP contribution in [0.15, 0.2) is 24.5 Å². The molecule has 1 aliphatic rings. The Morgan fingerprint density at radius 2 is 2.14 bits per heavy atom. The second-order valence-corrected chi connectivity index (χ2v) is 6.92. The number of pyridine rings is 1. The van der Waals surface area contributed by atoms with Crippen molar-refractivity contribution in [2.24, 2.45) is 0 Å². The molecule has 5 nitrogen and oxygen atoms in total. The van der Waals surface area contributed by atoms with Crippen LogP contribution in [0.1, 0.15) is 45.6 Å². The summed E-state index contributed by atoms with van der Waals surface area (Å²) in [7, 11) is 0. The molecule has 0 bridgehead atoms. The maximum Gasteiger partial charge on any atom is 0.407 e. The first-order valence-electron chi connectivity index (χ1n) is 8.04. The van der Waals surface area contributed by atoms with Gasteiger partial charge >= 0.3 is 6.09 Å². The molecule has 1 heterocycles. The number of hydrogen-bond donors (Lipinski definition) is 2. The highest BCUT2D eigenvalue weighted by Crippen LogP contribution is 2.19. The molecule has 0 radical (unpaired) electrons. The molecule has 2 unspecified atom stereocenters. The second kappa shape index (κ2) is 7.58. The summed E-state index contributed by atoms with van der Waals surface area (Å²) in [5.74, 6) is 0. The minimum Gasteiger partial charge on any atom is -0.444 e. The predicted octanol–water partition coefficient (Wildman–Crippen LogP) is 2.66. The number of ether oxygens (including phenoxy) is 1. The molecule has 1 aromatic heterocycles. The summed E-state index contributed by atoms with van der Waals surface area (Å²) in [4.78, 5) is 15.9. The van der Waals surface area contributed by atoms with E-state index in [-0.39, 0.29) is 12.1 Å². The lowest BCUT2D eigenvalue weighted by atomic mass is 10.2. The first-order chi connectivity index (χ1) is 10.4. The van der Waals surface area contributed by atoms with E-state index in [0.717, 1.165) is 32.2 Å². The normalized spacial score (nSPS) is 21.6. The zero-order valence-corrected chi connectivity index (χ0v) is 13.8. The average molecular weight is 305 g/mol. The molecule has 0 saturated heterocycles. The monoisotopic (exact) mass is 305 g/mol. The maximum absolute atomic E-state index is 11.8. The number of carbonyl (C=O) groups is 1. The Balaban J connectivity index is 1.64. The van der Waals surface area contributed by atoms with Crippen LogP contribution in [0.5, 0.6) is 0 Å². The van der Waals surface area contributed by atoms with Crippen LogP contribution in [-0.4, -0.2) is 35.3 Å². The molecule has 0 aliphatic heterocycles. The van der Waals surface area contributed by atoms with Gasteiger partial charge in [0.15, 0.2) is 0 Å². The van der Waals surface area contributed by atoms with Gasteiger partial charge in [-0.3, -0.25) is 4.98 Å². The van der Waals surface area contributed by atoms with Crippen molar-refractivity contribution >= 4 is 6.09 Å². The smallest absolute Gasteiger partial charge is 0.407 e. The largest absolute Gasteiger partial charge is 0.444 e. The molecule has 1 amide bonds. The third kappa shape index (κ3) is 6.02. The quantitative estimate of drug-likeness (QED) is 0.878. The van der Waals surface area contributed by atoms with Gasteiger partial charge in [-0.2, -0.15) is 0 Å². The first-order valence-corrected chi connectivity index (χ1v) is 8.04. The summed E-state index contributed by atoms with van der Waals surface area (Å²) in [6, 6.07) is 4.74. The highest BCUT2D eigenvalue weighted by Gasteiger charge is 2.27. The van der Waals surface area contributed by atoms with Crippen molar-refractivity contribution in [3.63, 3.8) is 0 Å². The Kier molecular flexibility index (Phi) is 5.77. The minimum absolute atomic E-state index is 0.214. The SMILES string of the molecule is CC(C)(C)OC(=O)NC1CCC(NCCc2cccnc2)C1. The number of rotatable bonds is 5. The summed E-state index contributed by atoms with van der Waals surface area (Å²) < 4.78 is 5.30. The van der Waals surface area contributed by atoms with E-state index in [1.165, 1.54) is 5.56 Å². The van der Waals surface area contributed by atoms with Crippen LogP contribution in [0.3, 0.4) is 0 Å². The molecule has 22 heavy (non-hydrogen) atoms. The molecule has 1 saturated carbocycles. The van der Waals surface area contributed by atoms with E-state index in [1.54, 1.807) is 6.20 Å². The van der Waals surface area contributed by atoms with Crippen molar-refractivity contribution in [1.29, 1.82) is 0 Å². The van der Waals surface area contributed by atoms with Crippen LogP contribution in [0, 0.1) is 0 Å². The first kappa shape index (κ1) is 16.7. The Morgan fingerprint density at radius 1 is 1.36 bits per heavy atom. The molecule has 2 atom stereocenters. The van der Waals surface area contributed by atoms with Crippen LogP contribution in [-0.2, 0) is 11.2 Å². The van der Waals surface area contributed by atoms with Crippen molar-refractivity contribution < 1.29 is 9.53 Å². The highest BCUT2D eigenvalue weighted by molar-refractivity contribution is 5.68. The summed E-state index contributed by atoms with van der Waals surface area (Å²) in [5.41, 5.74) is 0.806. The average Bonchev–Trinajstić information content (AvgIpc) is 2.85. The van der Waals surface area contributed by atoms with E-state index >= 15 is 0 Å². The summed E-state index contributed by atoms with van der Waals surface area (Å²) >= 11 is 0. The summed E-state index contributed by atoms with van der Waals surface area (Å²) in [5, 5.41) is 6.52. The van der Waals surface area contributed by atoms with Crippen molar-refractivity contribution in [2.75, 3.05) is 6.54 Å². The lowest BCUT2D eigenvalue weighted by Crippen LogP contribution is -2.39. The van der Waals surface area contributed by atoms with Gasteiger partial charge in [0.2, 0.25) is 0 Å². The number of hydrogen-bond acceptors (Lipinski definition) is 4. The Morgan fingerprint density at radius 3 is 2.82 bits per heavy atom. The van der Waals surface area contributed by atoms with E-state index in [9.17, 15) is 4.79 Å². The van der Waals surface area contributed by atoms with Gasteiger partial charge in [-0.25, -0.2) is 4.79 Å². The summed E-state index contributed by atoms with van der Waals surface area (Å²) in [6.45, 7) is 6.58. The van der Waals surface area contributed by atoms with Gasteiger partial charge in [0.1, 0.15) is 5.60 Å². The van der Waals surface area contributed by atoms with Gasteiger partial charge in [0.25, 0.3) is 0 Å². The number of nitrogens with one attached hydrogen (secondary N) is 2. The van der Waals surface area contributed by atoms with Crippen molar-refractivity contribution in [3.05, 3.63) is 30.1 Å². The highest BCUT2D eigenvalue weighted by atomic mass is 16.6. The predicted molar refractivity (Wildman–Crippen MR) is 86.7 cm³/mol. The van der Waals surface area contributed by atoms with Crippen LogP contribution >= 0.6 is 0 Å². The van der Waals surface area contributed by atoms with Crippen molar-refractivity contribution in [3.8, 4) is 0 Å². The fourth-order valence-corrected chi connectivity index (χ4v) is 2.74. The van der Waals surface area contributed by atoms with E-state index in [0.29, 0.717) is 6.04 Å². The minimum atomic E-state index is -0.440. The topological polar surface area (TPSA) is 63.2 Å². The maximum atomic E-state index is 11.8. The van der Waals surface area contributed by atoms with Gasteiger partial charge in [-0.05, 0) is 64.6 Å². The van der Waals surface area contributed by atoms with Crippen LogP contribution in [0.25, 0.3) is 0 Å². The van der Waals surface area contributed by atoms with Gasteiger partial charge < -0.3 is 15.4 Å². The Hall–Kier alpha value is -1.62. The van der Waals surface area contributed by atoms with Crippen LogP contribution < -0.4 is 10.6 Å². The third-order valence-corrected chi connectivity index (χ3v) is 3.72. The molecular formula is C17H27N3O2. The van der Waals surface area contributed by atoms with Crippen molar-refractivity contribution in [1.82, 2.24) is 15.6 Å². The molecule has 2 rings (SSSR count). The van der Waals surface area contributed by atoms with Gasteiger partial charge in [0, 0.05) is 24.5 Å². The molecule has 5 heteroatoms. The van der Waals surface area contributed by atoms with E-state index in [4.69, 9.17) is 4.74 Å². The van der Waals surface area contributed by atoms with E-state index < -0.39 is 5.60 Å². The molecule has 0 spiro atoms. The number of aromatic nitrogens is 1.